The Labute approximate surface area is 97.1 Å². The maximum atomic E-state index is 10.5. The molecule has 2 atom stereocenters. The predicted molar refractivity (Wildman–Crippen MR) is 59.2 cm³/mol. The van der Waals surface area contributed by atoms with Crippen LogP contribution in [0, 0.1) is 6.92 Å². The Morgan fingerprint density at radius 3 is 2.50 bits per heavy atom. The van der Waals surface area contributed by atoms with Crippen LogP contribution in [0.2, 0.25) is 5.02 Å². The molecule has 0 radical (unpaired) electrons. The molecule has 0 bridgehead atoms. The van der Waals surface area contributed by atoms with Crippen LogP contribution in [0.5, 0.6) is 0 Å². The highest BCUT2D eigenvalue weighted by Gasteiger charge is 2.27. The lowest BCUT2D eigenvalue weighted by Crippen LogP contribution is -2.27. The maximum absolute atomic E-state index is 10.5. The van der Waals surface area contributed by atoms with Gasteiger partial charge in [0.25, 0.3) is 0 Å². The molecule has 0 amide bonds. The quantitative estimate of drug-likeness (QED) is 0.587. The SMILES string of the molecule is Cc1c(N)ccc(C(O)C(O)C(=O)O)c1Cl. The first-order valence-corrected chi connectivity index (χ1v) is 4.87. The third-order valence-electron chi connectivity index (χ3n) is 2.33. The van der Waals surface area contributed by atoms with E-state index in [1.165, 1.54) is 12.1 Å². The average Bonchev–Trinajstić information content (AvgIpc) is 2.24. The molecule has 0 aliphatic carbocycles. The van der Waals surface area contributed by atoms with Gasteiger partial charge in [0.05, 0.1) is 5.02 Å². The fourth-order valence-corrected chi connectivity index (χ4v) is 1.54. The predicted octanol–water partition coefficient (Wildman–Crippen LogP) is 0.710. The van der Waals surface area contributed by atoms with E-state index in [4.69, 9.17) is 22.4 Å². The van der Waals surface area contributed by atoms with Crippen LogP contribution in [-0.2, 0) is 4.79 Å². The van der Waals surface area contributed by atoms with Crippen molar-refractivity contribution in [3.8, 4) is 0 Å². The summed E-state index contributed by atoms with van der Waals surface area (Å²) in [7, 11) is 0. The zero-order valence-corrected chi connectivity index (χ0v) is 9.27. The number of rotatable bonds is 3. The molecular formula is C10H12ClNO4. The summed E-state index contributed by atoms with van der Waals surface area (Å²) in [5.74, 6) is -1.52. The number of aliphatic hydroxyl groups excluding tert-OH is 2. The first-order valence-electron chi connectivity index (χ1n) is 4.49. The van der Waals surface area contributed by atoms with Gasteiger partial charge in [-0.05, 0) is 18.6 Å². The number of benzene rings is 1. The summed E-state index contributed by atoms with van der Waals surface area (Å²) < 4.78 is 0. The molecule has 0 aliphatic heterocycles. The zero-order valence-electron chi connectivity index (χ0n) is 8.51. The first-order chi connectivity index (χ1) is 7.36. The summed E-state index contributed by atoms with van der Waals surface area (Å²) in [5.41, 5.74) is 6.70. The van der Waals surface area contributed by atoms with Gasteiger partial charge in [-0.1, -0.05) is 17.7 Å². The second kappa shape index (κ2) is 4.69. The van der Waals surface area contributed by atoms with E-state index in [-0.39, 0.29) is 10.6 Å². The summed E-state index contributed by atoms with van der Waals surface area (Å²) in [6, 6.07) is 2.88. The Balaban J connectivity index is 3.14. The van der Waals surface area contributed by atoms with Crippen LogP contribution in [0.1, 0.15) is 17.2 Å². The van der Waals surface area contributed by atoms with E-state index in [0.29, 0.717) is 11.3 Å². The third kappa shape index (κ3) is 2.27. The molecule has 0 saturated heterocycles. The van der Waals surface area contributed by atoms with E-state index in [0.717, 1.165) is 0 Å². The van der Waals surface area contributed by atoms with Gasteiger partial charge in [-0.15, -0.1) is 0 Å². The molecule has 2 unspecified atom stereocenters. The molecule has 88 valence electrons. The first kappa shape index (κ1) is 12.8. The molecule has 0 aliphatic rings. The molecule has 0 spiro atoms. The fourth-order valence-electron chi connectivity index (χ4n) is 1.25. The second-order valence-electron chi connectivity index (χ2n) is 3.41. The lowest BCUT2D eigenvalue weighted by atomic mass is 10.0. The van der Waals surface area contributed by atoms with Crippen LogP contribution in [0.4, 0.5) is 5.69 Å². The van der Waals surface area contributed by atoms with Crippen LogP contribution in [-0.4, -0.2) is 27.4 Å². The number of aliphatic hydroxyl groups is 2. The van der Waals surface area contributed by atoms with Gasteiger partial charge in [-0.2, -0.15) is 0 Å². The van der Waals surface area contributed by atoms with Crippen LogP contribution < -0.4 is 5.73 Å². The van der Waals surface area contributed by atoms with Crippen molar-refractivity contribution in [1.29, 1.82) is 0 Å². The molecule has 5 N–H and O–H groups in total. The maximum Gasteiger partial charge on any atom is 0.335 e. The minimum absolute atomic E-state index is 0.142. The summed E-state index contributed by atoms with van der Waals surface area (Å²) in [6.07, 6.45) is -3.50. The van der Waals surface area contributed by atoms with Gasteiger partial charge < -0.3 is 21.1 Å². The van der Waals surface area contributed by atoms with Gasteiger partial charge in [0.1, 0.15) is 6.10 Å². The van der Waals surface area contributed by atoms with Crippen LogP contribution in [0.3, 0.4) is 0 Å². The summed E-state index contributed by atoms with van der Waals surface area (Å²) >= 11 is 5.90. The Kier molecular flexibility index (Phi) is 3.74. The molecule has 0 aromatic heterocycles. The van der Waals surface area contributed by atoms with E-state index < -0.39 is 18.2 Å². The van der Waals surface area contributed by atoms with Gasteiger partial charge in [0.15, 0.2) is 6.10 Å². The molecule has 1 aromatic carbocycles. The number of carbonyl (C=O) groups is 1. The molecule has 0 saturated carbocycles. The van der Waals surface area contributed by atoms with Crippen molar-refractivity contribution < 1.29 is 20.1 Å². The molecule has 0 heterocycles. The molecule has 0 fully saturated rings. The molecule has 5 nitrogen and oxygen atoms in total. The standard InChI is InChI=1S/C10H12ClNO4/c1-4-6(12)3-2-5(7(4)11)8(13)9(14)10(15)16/h2-3,8-9,13-14H,12H2,1H3,(H,15,16). The molecule has 6 heteroatoms. The number of carboxylic acids is 1. The van der Waals surface area contributed by atoms with Crippen LogP contribution >= 0.6 is 11.6 Å². The number of hydrogen-bond acceptors (Lipinski definition) is 4. The number of anilines is 1. The van der Waals surface area contributed by atoms with Crippen molar-refractivity contribution >= 4 is 23.3 Å². The van der Waals surface area contributed by atoms with Crippen molar-refractivity contribution in [1.82, 2.24) is 0 Å². The average molecular weight is 246 g/mol. The lowest BCUT2D eigenvalue weighted by molar-refractivity contribution is -0.153. The zero-order chi connectivity index (χ0) is 12.5. The van der Waals surface area contributed by atoms with Gasteiger partial charge in [0, 0.05) is 11.3 Å². The van der Waals surface area contributed by atoms with Gasteiger partial charge in [-0.3, -0.25) is 0 Å². The van der Waals surface area contributed by atoms with Crippen LogP contribution in [0.15, 0.2) is 12.1 Å². The van der Waals surface area contributed by atoms with E-state index in [2.05, 4.69) is 0 Å². The van der Waals surface area contributed by atoms with Crippen molar-refractivity contribution in [2.75, 3.05) is 5.73 Å². The fraction of sp³-hybridized carbons (Fsp3) is 0.300. The van der Waals surface area contributed by atoms with Gasteiger partial charge in [0.2, 0.25) is 0 Å². The summed E-state index contributed by atoms with van der Waals surface area (Å²) in [6.45, 7) is 1.64. The molecule has 1 rings (SSSR count). The van der Waals surface area contributed by atoms with Gasteiger partial charge in [-0.25, -0.2) is 4.79 Å². The van der Waals surface area contributed by atoms with Crippen LogP contribution in [0.25, 0.3) is 0 Å². The van der Waals surface area contributed by atoms with Gasteiger partial charge >= 0.3 is 5.97 Å². The lowest BCUT2D eigenvalue weighted by Gasteiger charge is -2.17. The number of hydrogen-bond donors (Lipinski definition) is 4. The Hall–Kier alpha value is -1.30. The topological polar surface area (TPSA) is 104 Å². The molecule has 1 aromatic rings. The number of aliphatic carboxylic acids is 1. The van der Waals surface area contributed by atoms with E-state index in [1.54, 1.807) is 6.92 Å². The molecular weight excluding hydrogens is 234 g/mol. The van der Waals surface area contributed by atoms with Crippen molar-refractivity contribution in [3.05, 3.63) is 28.3 Å². The van der Waals surface area contributed by atoms with E-state index in [9.17, 15) is 15.0 Å². The largest absolute Gasteiger partial charge is 0.479 e. The molecule has 16 heavy (non-hydrogen) atoms. The summed E-state index contributed by atoms with van der Waals surface area (Å²) in [4.78, 5) is 10.5. The minimum atomic E-state index is -1.92. The number of nitrogen functional groups attached to an aromatic ring is 1. The van der Waals surface area contributed by atoms with Crippen molar-refractivity contribution in [3.63, 3.8) is 0 Å². The Morgan fingerprint density at radius 2 is 2.00 bits per heavy atom. The number of nitrogens with two attached hydrogens (primary N) is 1. The van der Waals surface area contributed by atoms with Crippen molar-refractivity contribution in [2.45, 2.75) is 19.1 Å². The number of halogens is 1. The normalized spacial score (nSPS) is 14.5. The van der Waals surface area contributed by atoms with Crippen molar-refractivity contribution in [2.24, 2.45) is 0 Å². The summed E-state index contributed by atoms with van der Waals surface area (Å²) in [5, 5.41) is 27.5. The highest BCUT2D eigenvalue weighted by Crippen LogP contribution is 2.31. The second-order valence-corrected chi connectivity index (χ2v) is 3.79. The Morgan fingerprint density at radius 1 is 1.44 bits per heavy atom. The highest BCUT2D eigenvalue weighted by atomic mass is 35.5. The Bertz CT molecular complexity index is 422. The highest BCUT2D eigenvalue weighted by molar-refractivity contribution is 6.32. The smallest absolute Gasteiger partial charge is 0.335 e. The van der Waals surface area contributed by atoms with E-state index >= 15 is 0 Å². The monoisotopic (exact) mass is 245 g/mol. The minimum Gasteiger partial charge on any atom is -0.479 e. The third-order valence-corrected chi connectivity index (χ3v) is 2.83. The number of carboxylic acid groups (broad SMARTS) is 1. The van der Waals surface area contributed by atoms with E-state index in [1.807, 2.05) is 0 Å².